The Balaban J connectivity index is 1.75. The van der Waals surface area contributed by atoms with Crippen LogP contribution in [0.15, 0.2) is 71.5 Å². The SMILES string of the molecule is COc1ccc(N2CC=C3N=CC=C(c4ccccc4)N32)c(C)c1. The fourth-order valence-electron chi connectivity index (χ4n) is 3.15. The molecule has 0 atom stereocenters. The molecule has 2 aromatic rings. The minimum absolute atomic E-state index is 0.796. The number of rotatable bonds is 3. The fraction of sp³-hybridized carbons (Fsp3) is 0.150. The molecule has 0 radical (unpaired) electrons. The third kappa shape index (κ3) is 2.36. The normalized spacial score (nSPS) is 15.9. The van der Waals surface area contributed by atoms with E-state index >= 15 is 0 Å². The first kappa shape index (κ1) is 14.6. The molecule has 2 aromatic carbocycles. The molecule has 0 fully saturated rings. The van der Waals surface area contributed by atoms with Gasteiger partial charge in [0.05, 0.1) is 25.0 Å². The molecule has 4 heteroatoms. The third-order valence-corrected chi connectivity index (χ3v) is 4.32. The van der Waals surface area contributed by atoms with Crippen molar-refractivity contribution in [3.63, 3.8) is 0 Å². The number of fused-ring (bicyclic) bond motifs is 1. The molecule has 2 heterocycles. The number of nitrogens with zero attached hydrogens (tertiary/aromatic N) is 3. The quantitative estimate of drug-likeness (QED) is 0.856. The summed E-state index contributed by atoms with van der Waals surface area (Å²) in [5, 5.41) is 4.43. The molecule has 0 amide bonds. The van der Waals surface area contributed by atoms with Crippen molar-refractivity contribution < 1.29 is 4.74 Å². The Hall–Kier alpha value is -3.01. The maximum Gasteiger partial charge on any atom is 0.149 e. The second kappa shape index (κ2) is 5.89. The van der Waals surface area contributed by atoms with Crippen molar-refractivity contribution in [3.05, 3.63) is 77.6 Å². The smallest absolute Gasteiger partial charge is 0.149 e. The van der Waals surface area contributed by atoms with Crippen LogP contribution in [0.5, 0.6) is 5.75 Å². The lowest BCUT2D eigenvalue weighted by atomic mass is 10.1. The summed E-state index contributed by atoms with van der Waals surface area (Å²) in [5.41, 5.74) is 4.63. The third-order valence-electron chi connectivity index (χ3n) is 4.32. The topological polar surface area (TPSA) is 28.1 Å². The molecule has 0 aromatic heterocycles. The predicted octanol–water partition coefficient (Wildman–Crippen LogP) is 4.01. The molecular weight excluding hydrogens is 298 g/mol. The largest absolute Gasteiger partial charge is 0.497 e. The van der Waals surface area contributed by atoms with Gasteiger partial charge in [-0.2, -0.15) is 0 Å². The molecular formula is C20H19N3O. The van der Waals surface area contributed by atoms with Crippen LogP contribution in [0.4, 0.5) is 5.69 Å². The molecule has 0 N–H and O–H groups in total. The lowest BCUT2D eigenvalue weighted by molar-refractivity contribution is 0.414. The fourth-order valence-corrected chi connectivity index (χ4v) is 3.15. The highest BCUT2D eigenvalue weighted by molar-refractivity contribution is 5.88. The van der Waals surface area contributed by atoms with E-state index in [-0.39, 0.29) is 0 Å². The van der Waals surface area contributed by atoms with Gasteiger partial charge < -0.3 is 4.74 Å². The zero-order chi connectivity index (χ0) is 16.5. The van der Waals surface area contributed by atoms with E-state index in [2.05, 4.69) is 70.5 Å². The summed E-state index contributed by atoms with van der Waals surface area (Å²) < 4.78 is 5.33. The van der Waals surface area contributed by atoms with Crippen LogP contribution in [0.1, 0.15) is 11.1 Å². The van der Waals surface area contributed by atoms with Gasteiger partial charge in [-0.3, -0.25) is 5.01 Å². The highest BCUT2D eigenvalue weighted by atomic mass is 16.5. The van der Waals surface area contributed by atoms with Crippen molar-refractivity contribution in [2.45, 2.75) is 6.92 Å². The van der Waals surface area contributed by atoms with Crippen LogP contribution >= 0.6 is 0 Å². The molecule has 2 aliphatic heterocycles. The minimum Gasteiger partial charge on any atom is -0.497 e. The Morgan fingerprint density at radius 2 is 1.92 bits per heavy atom. The number of aryl methyl sites for hydroxylation is 1. The van der Waals surface area contributed by atoms with Crippen LogP contribution in [-0.2, 0) is 0 Å². The summed E-state index contributed by atoms with van der Waals surface area (Å²) in [5.74, 6) is 1.84. The van der Waals surface area contributed by atoms with Gasteiger partial charge in [0.15, 0.2) is 0 Å². The van der Waals surface area contributed by atoms with E-state index in [0.717, 1.165) is 29.5 Å². The molecule has 0 unspecified atom stereocenters. The number of ether oxygens (including phenoxy) is 1. The Morgan fingerprint density at radius 3 is 2.67 bits per heavy atom. The second-order valence-corrected chi connectivity index (χ2v) is 5.80. The van der Waals surface area contributed by atoms with E-state index < -0.39 is 0 Å². The molecule has 120 valence electrons. The van der Waals surface area contributed by atoms with Crippen LogP contribution in [-0.4, -0.2) is 24.9 Å². The number of anilines is 1. The summed E-state index contributed by atoms with van der Waals surface area (Å²) in [6, 6.07) is 16.6. The maximum atomic E-state index is 5.33. The van der Waals surface area contributed by atoms with Gasteiger partial charge in [0.2, 0.25) is 0 Å². The predicted molar refractivity (Wildman–Crippen MR) is 97.9 cm³/mol. The van der Waals surface area contributed by atoms with Gasteiger partial charge in [0, 0.05) is 11.8 Å². The molecule has 0 bridgehead atoms. The Morgan fingerprint density at radius 1 is 1.08 bits per heavy atom. The second-order valence-electron chi connectivity index (χ2n) is 5.80. The van der Waals surface area contributed by atoms with E-state index in [4.69, 9.17) is 4.74 Å². The standard InChI is InChI=1S/C20H19N3O/c1-15-14-17(24-2)8-9-18(15)22-13-11-20-21-12-10-19(23(20)22)16-6-4-3-5-7-16/h3-12,14H,13H2,1-2H3. The first-order valence-electron chi connectivity index (χ1n) is 8.00. The van der Waals surface area contributed by atoms with Crippen LogP contribution in [0.2, 0.25) is 0 Å². The number of methoxy groups -OCH3 is 1. The Bertz CT molecular complexity index is 852. The molecule has 0 aliphatic carbocycles. The van der Waals surface area contributed by atoms with Crippen LogP contribution in [0.3, 0.4) is 0 Å². The molecule has 4 nitrogen and oxygen atoms in total. The van der Waals surface area contributed by atoms with Gasteiger partial charge >= 0.3 is 0 Å². The molecule has 0 spiro atoms. The monoisotopic (exact) mass is 317 g/mol. The molecule has 24 heavy (non-hydrogen) atoms. The number of benzene rings is 2. The van der Waals surface area contributed by atoms with Gasteiger partial charge in [0.25, 0.3) is 0 Å². The van der Waals surface area contributed by atoms with Crippen molar-refractivity contribution in [3.8, 4) is 5.75 Å². The highest BCUT2D eigenvalue weighted by Crippen LogP contribution is 2.37. The average molecular weight is 317 g/mol. The van der Waals surface area contributed by atoms with Gasteiger partial charge in [-0.05, 0) is 42.8 Å². The zero-order valence-corrected chi connectivity index (χ0v) is 13.8. The van der Waals surface area contributed by atoms with Crippen LogP contribution < -0.4 is 9.75 Å². The van der Waals surface area contributed by atoms with Gasteiger partial charge in [-0.15, -0.1) is 0 Å². The summed E-state index contributed by atoms with van der Waals surface area (Å²) in [6.07, 6.45) is 6.08. The van der Waals surface area contributed by atoms with Crippen LogP contribution in [0, 0.1) is 6.92 Å². The lowest BCUT2D eigenvalue weighted by Gasteiger charge is -2.36. The minimum atomic E-state index is 0.796. The Labute approximate surface area is 142 Å². The highest BCUT2D eigenvalue weighted by Gasteiger charge is 2.30. The van der Waals surface area contributed by atoms with E-state index in [1.165, 1.54) is 11.1 Å². The van der Waals surface area contributed by atoms with Gasteiger partial charge in [-0.1, -0.05) is 30.3 Å². The molecule has 0 saturated carbocycles. The first-order valence-corrected chi connectivity index (χ1v) is 8.00. The van der Waals surface area contributed by atoms with Crippen molar-refractivity contribution in [2.24, 2.45) is 4.99 Å². The molecule has 0 saturated heterocycles. The van der Waals surface area contributed by atoms with E-state index in [0.29, 0.717) is 0 Å². The van der Waals surface area contributed by atoms with E-state index in [9.17, 15) is 0 Å². The number of hydrogen-bond donors (Lipinski definition) is 0. The summed E-state index contributed by atoms with van der Waals surface area (Å²) >= 11 is 0. The number of hydrazine groups is 1. The summed E-state index contributed by atoms with van der Waals surface area (Å²) in [7, 11) is 1.69. The number of hydrogen-bond acceptors (Lipinski definition) is 4. The van der Waals surface area contributed by atoms with Crippen molar-refractivity contribution in [1.82, 2.24) is 5.01 Å². The summed E-state index contributed by atoms with van der Waals surface area (Å²) in [6.45, 7) is 2.90. The molecule has 4 rings (SSSR count). The van der Waals surface area contributed by atoms with E-state index in [1.54, 1.807) is 7.11 Å². The van der Waals surface area contributed by atoms with Crippen molar-refractivity contribution in [2.75, 3.05) is 18.7 Å². The number of aliphatic imine (C=N–C) groups is 1. The average Bonchev–Trinajstić information content (AvgIpc) is 3.06. The van der Waals surface area contributed by atoms with Crippen molar-refractivity contribution in [1.29, 1.82) is 0 Å². The first-order chi connectivity index (χ1) is 11.8. The van der Waals surface area contributed by atoms with Crippen molar-refractivity contribution >= 4 is 17.6 Å². The number of allylic oxidation sites excluding steroid dienone is 1. The van der Waals surface area contributed by atoms with Gasteiger partial charge in [0.1, 0.15) is 11.6 Å². The van der Waals surface area contributed by atoms with E-state index in [1.807, 2.05) is 18.3 Å². The van der Waals surface area contributed by atoms with Gasteiger partial charge in [-0.25, -0.2) is 10.0 Å². The molecule has 2 aliphatic rings. The Kier molecular flexibility index (Phi) is 3.58. The summed E-state index contributed by atoms with van der Waals surface area (Å²) in [4.78, 5) is 4.53. The lowest BCUT2D eigenvalue weighted by Crippen LogP contribution is -2.37. The zero-order valence-electron chi connectivity index (χ0n) is 13.8. The maximum absolute atomic E-state index is 5.33. The van der Waals surface area contributed by atoms with Crippen LogP contribution in [0.25, 0.3) is 5.70 Å².